The van der Waals surface area contributed by atoms with Crippen LogP contribution in [0.2, 0.25) is 0 Å². The molecule has 1 aliphatic heterocycles. The van der Waals surface area contributed by atoms with Crippen LogP contribution < -0.4 is 0 Å². The third-order valence-corrected chi connectivity index (χ3v) is 4.87. The SMILES string of the molecule is CC[C@H]1CCCCN1C(=O)[C@H](C)n1ncc(Br)c1C. The normalized spacial score (nSPS) is 21.5. The van der Waals surface area contributed by atoms with Crippen LogP contribution in [0, 0.1) is 6.92 Å². The summed E-state index contributed by atoms with van der Waals surface area (Å²) in [6.45, 7) is 6.98. The number of piperidine rings is 1. The summed E-state index contributed by atoms with van der Waals surface area (Å²) < 4.78 is 2.77. The van der Waals surface area contributed by atoms with Crippen molar-refractivity contribution in [1.29, 1.82) is 0 Å². The Labute approximate surface area is 123 Å². The van der Waals surface area contributed by atoms with Crippen molar-refractivity contribution in [3.8, 4) is 0 Å². The molecule has 0 bridgehead atoms. The van der Waals surface area contributed by atoms with Crippen LogP contribution in [0.1, 0.15) is 51.3 Å². The number of nitrogens with zero attached hydrogens (tertiary/aromatic N) is 3. The second kappa shape index (κ2) is 6.07. The van der Waals surface area contributed by atoms with Crippen molar-refractivity contribution in [2.75, 3.05) is 6.54 Å². The lowest BCUT2D eigenvalue weighted by atomic mass is 9.99. The lowest BCUT2D eigenvalue weighted by Gasteiger charge is -2.37. The van der Waals surface area contributed by atoms with E-state index in [0.717, 1.165) is 36.0 Å². The first-order chi connectivity index (χ1) is 9.06. The maximum Gasteiger partial charge on any atom is 0.247 e. The molecule has 0 aliphatic carbocycles. The summed E-state index contributed by atoms with van der Waals surface area (Å²) in [5.74, 6) is 0.199. The topological polar surface area (TPSA) is 38.1 Å². The average Bonchev–Trinajstić information content (AvgIpc) is 2.77. The van der Waals surface area contributed by atoms with Gasteiger partial charge in [-0.2, -0.15) is 5.10 Å². The molecule has 1 fully saturated rings. The molecule has 1 aliphatic rings. The van der Waals surface area contributed by atoms with Gasteiger partial charge in [-0.25, -0.2) is 0 Å². The first-order valence-corrected chi connectivity index (χ1v) is 7.85. The molecule has 1 amide bonds. The minimum atomic E-state index is -0.224. The Bertz CT molecular complexity index is 458. The van der Waals surface area contributed by atoms with E-state index in [2.05, 4.69) is 32.9 Å². The molecule has 2 atom stereocenters. The Morgan fingerprint density at radius 1 is 1.58 bits per heavy atom. The highest BCUT2D eigenvalue weighted by atomic mass is 79.9. The number of hydrogen-bond donors (Lipinski definition) is 0. The minimum Gasteiger partial charge on any atom is -0.338 e. The molecule has 0 spiro atoms. The van der Waals surface area contributed by atoms with Gasteiger partial charge in [0.2, 0.25) is 5.91 Å². The smallest absolute Gasteiger partial charge is 0.247 e. The van der Waals surface area contributed by atoms with Crippen LogP contribution in [0.25, 0.3) is 0 Å². The summed E-state index contributed by atoms with van der Waals surface area (Å²) in [5.41, 5.74) is 1.01. The lowest BCUT2D eigenvalue weighted by Crippen LogP contribution is -2.46. The van der Waals surface area contributed by atoms with Gasteiger partial charge < -0.3 is 4.90 Å². The Morgan fingerprint density at radius 3 is 2.89 bits per heavy atom. The first kappa shape index (κ1) is 14.6. The van der Waals surface area contributed by atoms with Crippen LogP contribution in [0.15, 0.2) is 10.7 Å². The largest absolute Gasteiger partial charge is 0.338 e. The van der Waals surface area contributed by atoms with E-state index >= 15 is 0 Å². The van der Waals surface area contributed by atoms with Gasteiger partial charge in [0.25, 0.3) is 0 Å². The van der Waals surface area contributed by atoms with Crippen molar-refractivity contribution in [3.63, 3.8) is 0 Å². The van der Waals surface area contributed by atoms with Gasteiger partial charge in [-0.15, -0.1) is 0 Å². The van der Waals surface area contributed by atoms with E-state index in [-0.39, 0.29) is 11.9 Å². The average molecular weight is 328 g/mol. The maximum absolute atomic E-state index is 12.7. The van der Waals surface area contributed by atoms with E-state index in [1.165, 1.54) is 6.42 Å². The highest BCUT2D eigenvalue weighted by molar-refractivity contribution is 9.10. The van der Waals surface area contributed by atoms with Crippen LogP contribution in [-0.4, -0.2) is 33.2 Å². The van der Waals surface area contributed by atoms with Crippen molar-refractivity contribution in [2.24, 2.45) is 0 Å². The minimum absolute atomic E-state index is 0.199. The number of halogens is 1. The van der Waals surface area contributed by atoms with Crippen LogP contribution in [0.5, 0.6) is 0 Å². The summed E-state index contributed by atoms with van der Waals surface area (Å²) in [7, 11) is 0. The molecule has 1 aromatic heterocycles. The molecule has 0 N–H and O–H groups in total. The Hall–Kier alpha value is -0.840. The number of hydrogen-bond acceptors (Lipinski definition) is 2. The summed E-state index contributed by atoms with van der Waals surface area (Å²) >= 11 is 3.45. The van der Waals surface area contributed by atoms with Crippen molar-refractivity contribution in [3.05, 3.63) is 16.4 Å². The van der Waals surface area contributed by atoms with E-state index in [1.54, 1.807) is 6.20 Å². The zero-order chi connectivity index (χ0) is 14.0. The fourth-order valence-electron chi connectivity index (χ4n) is 2.85. The monoisotopic (exact) mass is 327 g/mol. The van der Waals surface area contributed by atoms with Crippen molar-refractivity contribution >= 4 is 21.8 Å². The molecule has 0 aromatic carbocycles. The van der Waals surface area contributed by atoms with Gasteiger partial charge in [0, 0.05) is 12.6 Å². The van der Waals surface area contributed by atoms with Crippen LogP contribution >= 0.6 is 15.9 Å². The fourth-order valence-corrected chi connectivity index (χ4v) is 3.13. The fraction of sp³-hybridized carbons (Fsp3) is 0.714. The summed E-state index contributed by atoms with van der Waals surface area (Å²) in [6.07, 6.45) is 6.30. The Morgan fingerprint density at radius 2 is 2.32 bits per heavy atom. The van der Waals surface area contributed by atoms with Gasteiger partial charge in [0.05, 0.1) is 16.4 Å². The van der Waals surface area contributed by atoms with Crippen molar-refractivity contribution in [2.45, 2.75) is 58.5 Å². The molecule has 0 radical (unpaired) electrons. The van der Waals surface area contributed by atoms with Gasteiger partial charge in [-0.1, -0.05) is 6.92 Å². The second-order valence-corrected chi connectivity index (χ2v) is 6.14. The van der Waals surface area contributed by atoms with Gasteiger partial charge in [-0.3, -0.25) is 9.48 Å². The molecule has 5 heteroatoms. The molecule has 19 heavy (non-hydrogen) atoms. The van der Waals surface area contributed by atoms with Gasteiger partial charge in [0.15, 0.2) is 0 Å². The quantitative estimate of drug-likeness (QED) is 0.854. The molecular formula is C14H22BrN3O. The van der Waals surface area contributed by atoms with Crippen molar-refractivity contribution in [1.82, 2.24) is 14.7 Å². The summed E-state index contributed by atoms with van der Waals surface area (Å²) in [6, 6.07) is 0.182. The van der Waals surface area contributed by atoms with Gasteiger partial charge >= 0.3 is 0 Å². The molecule has 2 heterocycles. The predicted octanol–water partition coefficient (Wildman–Crippen LogP) is 3.31. The van der Waals surface area contributed by atoms with Crippen LogP contribution in [-0.2, 0) is 4.79 Å². The van der Waals surface area contributed by atoms with Crippen LogP contribution in [0.3, 0.4) is 0 Å². The van der Waals surface area contributed by atoms with Gasteiger partial charge in [-0.05, 0) is 55.5 Å². The zero-order valence-corrected chi connectivity index (χ0v) is 13.5. The molecule has 1 saturated heterocycles. The molecule has 2 rings (SSSR count). The highest BCUT2D eigenvalue weighted by Gasteiger charge is 2.30. The number of likely N-dealkylation sites (tertiary alicyclic amines) is 1. The van der Waals surface area contributed by atoms with E-state index < -0.39 is 0 Å². The van der Waals surface area contributed by atoms with Crippen molar-refractivity contribution < 1.29 is 4.79 Å². The molecule has 1 aromatic rings. The van der Waals surface area contributed by atoms with Gasteiger partial charge in [0.1, 0.15) is 6.04 Å². The lowest BCUT2D eigenvalue weighted by molar-refractivity contribution is -0.138. The standard InChI is InChI=1S/C14H22BrN3O/c1-4-12-7-5-6-8-17(12)14(19)11(3)18-10(2)13(15)9-16-18/h9,11-12H,4-8H2,1-3H3/t11-,12-/m0/s1. The predicted molar refractivity (Wildman–Crippen MR) is 79.0 cm³/mol. The zero-order valence-electron chi connectivity index (χ0n) is 11.9. The van der Waals surface area contributed by atoms with E-state index in [1.807, 2.05) is 18.5 Å². The third kappa shape index (κ3) is 2.86. The van der Waals surface area contributed by atoms with Crippen LogP contribution in [0.4, 0.5) is 0 Å². The summed E-state index contributed by atoms with van der Waals surface area (Å²) in [5, 5.41) is 4.30. The Kier molecular flexibility index (Phi) is 4.66. The molecule has 0 saturated carbocycles. The molecule has 4 nitrogen and oxygen atoms in total. The third-order valence-electron chi connectivity index (χ3n) is 4.09. The number of amides is 1. The number of rotatable bonds is 3. The van der Waals surface area contributed by atoms with E-state index in [0.29, 0.717) is 6.04 Å². The second-order valence-electron chi connectivity index (χ2n) is 5.29. The molecular weight excluding hydrogens is 306 g/mol. The van der Waals surface area contributed by atoms with E-state index in [9.17, 15) is 4.79 Å². The summed E-state index contributed by atoms with van der Waals surface area (Å²) in [4.78, 5) is 14.7. The number of carbonyl (C=O) groups excluding carboxylic acids is 1. The number of aromatic nitrogens is 2. The molecule has 106 valence electrons. The highest BCUT2D eigenvalue weighted by Crippen LogP contribution is 2.25. The number of carbonyl (C=O) groups is 1. The molecule has 0 unspecified atom stereocenters. The van der Waals surface area contributed by atoms with E-state index in [4.69, 9.17) is 0 Å². The maximum atomic E-state index is 12.7. The Balaban J connectivity index is 2.16. The first-order valence-electron chi connectivity index (χ1n) is 7.06.